The minimum atomic E-state index is -0.370. The number of rotatable bonds is 8. The minimum absolute atomic E-state index is 0.149. The number of anilines is 3. The molecule has 3 N–H and O–H groups in total. The third kappa shape index (κ3) is 5.58. The van der Waals surface area contributed by atoms with Crippen LogP contribution in [0.2, 0.25) is 0 Å². The van der Waals surface area contributed by atoms with Crippen molar-refractivity contribution in [2.24, 2.45) is 0 Å². The van der Waals surface area contributed by atoms with Crippen LogP contribution < -0.4 is 30.3 Å². The quantitative estimate of drug-likeness (QED) is 0.412. The number of carbonyl (C=O) groups excluding carboxylic acids is 1. The van der Waals surface area contributed by atoms with Crippen molar-refractivity contribution in [3.63, 3.8) is 0 Å². The van der Waals surface area contributed by atoms with Crippen LogP contribution in [-0.4, -0.2) is 81.8 Å². The highest BCUT2D eigenvalue weighted by molar-refractivity contribution is 5.90. The summed E-state index contributed by atoms with van der Waals surface area (Å²) in [4.78, 5) is 23.8. The molecule has 0 spiro atoms. The van der Waals surface area contributed by atoms with Gasteiger partial charge in [-0.2, -0.15) is 0 Å². The Balaban J connectivity index is 1.19. The highest BCUT2D eigenvalue weighted by Gasteiger charge is 2.48. The molecule has 1 aromatic heterocycles. The molecule has 2 aromatic carbocycles. The highest BCUT2D eigenvalue weighted by Crippen LogP contribution is 2.30. The Morgan fingerprint density at radius 1 is 0.947 bits per heavy atom. The van der Waals surface area contributed by atoms with Gasteiger partial charge in [0.2, 0.25) is 5.95 Å². The Morgan fingerprint density at radius 3 is 2.26 bits per heavy atom. The Kier molecular flexibility index (Phi) is 7.47. The highest BCUT2D eigenvalue weighted by atomic mass is 16.6. The summed E-state index contributed by atoms with van der Waals surface area (Å²) in [5.41, 5.74) is 3.49. The summed E-state index contributed by atoms with van der Waals surface area (Å²) < 4.78 is 22.6. The van der Waals surface area contributed by atoms with Crippen LogP contribution >= 0.6 is 0 Å². The van der Waals surface area contributed by atoms with Gasteiger partial charge in [-0.3, -0.25) is 0 Å². The Hall–Kier alpha value is -4.09. The van der Waals surface area contributed by atoms with Gasteiger partial charge in [0.25, 0.3) is 0 Å². The number of nitrogens with zero attached hydrogens (tertiary/aromatic N) is 3. The number of carbonyl (C=O) groups is 1. The molecule has 2 amide bonds. The molecule has 11 heteroatoms. The van der Waals surface area contributed by atoms with Gasteiger partial charge in [0, 0.05) is 55.4 Å². The van der Waals surface area contributed by atoms with Gasteiger partial charge in [0.05, 0.1) is 45.2 Å². The summed E-state index contributed by atoms with van der Waals surface area (Å²) in [5.74, 6) is 1.65. The second kappa shape index (κ2) is 11.1. The SMILES string of the molecule is COc1cc(NC(=O)N[C@H]2CO[C@H]3[C@@H]2OC[C@@H]3Nc2nccc(-c3ccc(N(C)C)cc3)n2)cc(OC)c1. The van der Waals surface area contributed by atoms with E-state index in [0.29, 0.717) is 36.3 Å². The van der Waals surface area contributed by atoms with Crippen molar-refractivity contribution in [3.05, 3.63) is 54.7 Å². The summed E-state index contributed by atoms with van der Waals surface area (Å²) >= 11 is 0. The third-order valence-corrected chi connectivity index (χ3v) is 6.63. The lowest BCUT2D eigenvalue weighted by Gasteiger charge is -2.19. The van der Waals surface area contributed by atoms with Crippen LogP contribution in [0.4, 0.5) is 22.1 Å². The average molecular weight is 521 g/mol. The van der Waals surface area contributed by atoms with Gasteiger partial charge in [0.1, 0.15) is 23.7 Å². The summed E-state index contributed by atoms with van der Waals surface area (Å²) in [6, 6.07) is 14.4. The van der Waals surface area contributed by atoms with Crippen LogP contribution in [-0.2, 0) is 9.47 Å². The fourth-order valence-corrected chi connectivity index (χ4v) is 4.65. The van der Waals surface area contributed by atoms with Crippen molar-refractivity contribution >= 4 is 23.4 Å². The number of hydrogen-bond acceptors (Lipinski definition) is 9. The molecule has 0 radical (unpaired) electrons. The Morgan fingerprint density at radius 2 is 1.61 bits per heavy atom. The van der Waals surface area contributed by atoms with E-state index in [-0.39, 0.29) is 30.3 Å². The van der Waals surface area contributed by atoms with Crippen molar-refractivity contribution in [1.29, 1.82) is 0 Å². The number of urea groups is 1. The topological polar surface area (TPSA) is 119 Å². The first-order chi connectivity index (χ1) is 18.4. The smallest absolute Gasteiger partial charge is 0.319 e. The molecule has 2 saturated heterocycles. The lowest BCUT2D eigenvalue weighted by atomic mass is 10.1. The van der Waals surface area contributed by atoms with Gasteiger partial charge < -0.3 is 39.8 Å². The number of hydrogen-bond donors (Lipinski definition) is 3. The van der Waals surface area contributed by atoms with E-state index in [1.165, 1.54) is 0 Å². The summed E-state index contributed by atoms with van der Waals surface area (Å²) in [7, 11) is 7.13. The number of fused-ring (bicyclic) bond motifs is 1. The maximum absolute atomic E-state index is 12.7. The van der Waals surface area contributed by atoms with Gasteiger partial charge in [0.15, 0.2) is 0 Å². The molecule has 3 heterocycles. The lowest BCUT2D eigenvalue weighted by molar-refractivity contribution is 0.0683. The molecular weight excluding hydrogens is 488 g/mol. The Bertz CT molecular complexity index is 1250. The third-order valence-electron chi connectivity index (χ3n) is 6.63. The van der Waals surface area contributed by atoms with E-state index in [1.807, 2.05) is 32.3 Å². The van der Waals surface area contributed by atoms with Crippen molar-refractivity contribution < 1.29 is 23.7 Å². The van der Waals surface area contributed by atoms with Gasteiger partial charge in [-0.25, -0.2) is 14.8 Å². The van der Waals surface area contributed by atoms with Crippen molar-refractivity contribution in [3.8, 4) is 22.8 Å². The normalized spacial score (nSPS) is 21.9. The van der Waals surface area contributed by atoms with Crippen LogP contribution in [0.3, 0.4) is 0 Å². The second-order valence-electron chi connectivity index (χ2n) is 9.36. The Labute approximate surface area is 221 Å². The molecule has 2 aliphatic heterocycles. The molecule has 5 rings (SSSR count). The standard InChI is InChI=1S/C27H32N6O5/c1-33(2)18-7-5-16(6-8-18)21-9-10-28-26(30-21)31-22-14-37-25-23(15-38-24(22)25)32-27(34)29-17-11-19(35-3)13-20(12-17)36-4/h5-13,22-25H,14-15H2,1-4H3,(H,28,30,31)(H2,29,32,34)/t22-,23-,24+,25+/m0/s1. The predicted molar refractivity (Wildman–Crippen MR) is 144 cm³/mol. The van der Waals surface area contributed by atoms with Crippen LogP contribution in [0.25, 0.3) is 11.3 Å². The zero-order valence-corrected chi connectivity index (χ0v) is 21.8. The summed E-state index contributed by atoms with van der Waals surface area (Å²) in [6.45, 7) is 0.745. The minimum Gasteiger partial charge on any atom is -0.497 e. The monoisotopic (exact) mass is 520 g/mol. The second-order valence-corrected chi connectivity index (χ2v) is 9.36. The fraction of sp³-hybridized carbons (Fsp3) is 0.370. The molecule has 0 unspecified atom stereocenters. The largest absolute Gasteiger partial charge is 0.497 e. The van der Waals surface area contributed by atoms with E-state index < -0.39 is 0 Å². The number of ether oxygens (including phenoxy) is 4. The zero-order valence-electron chi connectivity index (χ0n) is 21.8. The number of aromatic nitrogens is 2. The first kappa shape index (κ1) is 25.6. The molecule has 0 bridgehead atoms. The average Bonchev–Trinajstić information content (AvgIpc) is 3.51. The maximum Gasteiger partial charge on any atom is 0.319 e. The lowest BCUT2D eigenvalue weighted by Crippen LogP contribution is -2.46. The molecule has 2 aliphatic rings. The zero-order chi connectivity index (χ0) is 26.6. The van der Waals surface area contributed by atoms with E-state index in [1.54, 1.807) is 38.6 Å². The number of amides is 2. The van der Waals surface area contributed by atoms with E-state index in [0.717, 1.165) is 16.9 Å². The fourth-order valence-electron chi connectivity index (χ4n) is 4.65. The number of nitrogens with one attached hydrogen (secondary N) is 3. The number of methoxy groups -OCH3 is 2. The van der Waals surface area contributed by atoms with Gasteiger partial charge in [-0.1, -0.05) is 12.1 Å². The molecule has 2 fully saturated rings. The van der Waals surface area contributed by atoms with Crippen molar-refractivity contribution in [1.82, 2.24) is 15.3 Å². The summed E-state index contributed by atoms with van der Waals surface area (Å²) in [5, 5.41) is 9.13. The molecule has 0 saturated carbocycles. The van der Waals surface area contributed by atoms with Crippen molar-refractivity contribution in [2.75, 3.05) is 57.1 Å². The van der Waals surface area contributed by atoms with Crippen LogP contribution in [0.1, 0.15) is 0 Å². The first-order valence-electron chi connectivity index (χ1n) is 12.3. The first-order valence-corrected chi connectivity index (χ1v) is 12.3. The predicted octanol–water partition coefficient (Wildman–Crippen LogP) is 3.00. The summed E-state index contributed by atoms with van der Waals surface area (Å²) in [6.07, 6.45) is 1.19. The van der Waals surface area contributed by atoms with Crippen LogP contribution in [0.15, 0.2) is 54.7 Å². The molecule has 38 heavy (non-hydrogen) atoms. The molecule has 11 nitrogen and oxygen atoms in total. The van der Waals surface area contributed by atoms with E-state index >= 15 is 0 Å². The maximum atomic E-state index is 12.7. The van der Waals surface area contributed by atoms with E-state index in [2.05, 4.69) is 38.0 Å². The van der Waals surface area contributed by atoms with E-state index in [4.69, 9.17) is 23.9 Å². The van der Waals surface area contributed by atoms with Crippen molar-refractivity contribution in [2.45, 2.75) is 24.3 Å². The van der Waals surface area contributed by atoms with Crippen LogP contribution in [0, 0.1) is 0 Å². The van der Waals surface area contributed by atoms with E-state index in [9.17, 15) is 4.79 Å². The van der Waals surface area contributed by atoms with Crippen LogP contribution in [0.5, 0.6) is 11.5 Å². The van der Waals surface area contributed by atoms with Gasteiger partial charge in [-0.15, -0.1) is 0 Å². The van der Waals surface area contributed by atoms with Gasteiger partial charge in [-0.05, 0) is 18.2 Å². The molecular formula is C27H32N6O5. The molecule has 200 valence electrons. The molecule has 0 aliphatic carbocycles. The number of benzene rings is 2. The molecule has 4 atom stereocenters. The molecule has 3 aromatic rings. The van der Waals surface area contributed by atoms with Gasteiger partial charge >= 0.3 is 6.03 Å².